The molecule has 0 radical (unpaired) electrons. The first-order valence-corrected chi connectivity index (χ1v) is 11.4. The van der Waals surface area contributed by atoms with Crippen molar-refractivity contribution in [3.8, 4) is 0 Å². The van der Waals surface area contributed by atoms with Gasteiger partial charge in [-0.15, -0.1) is 24.0 Å². The van der Waals surface area contributed by atoms with E-state index in [4.69, 9.17) is 0 Å². The molecule has 0 amide bonds. The van der Waals surface area contributed by atoms with Gasteiger partial charge in [0.15, 0.2) is 5.96 Å². The van der Waals surface area contributed by atoms with Gasteiger partial charge >= 0.3 is 15.5 Å². The predicted octanol–water partition coefficient (Wildman–Crippen LogP) is 3.62. The summed E-state index contributed by atoms with van der Waals surface area (Å²) in [4.78, 5) is 4.15. The molecule has 1 saturated heterocycles. The number of piperidine rings is 1. The fourth-order valence-corrected chi connectivity index (χ4v) is 4.26. The van der Waals surface area contributed by atoms with Crippen molar-refractivity contribution in [2.24, 2.45) is 4.99 Å². The zero-order valence-corrected chi connectivity index (χ0v) is 21.4. The van der Waals surface area contributed by atoms with Crippen LogP contribution in [0.5, 0.6) is 0 Å². The second-order valence-corrected chi connectivity index (χ2v) is 10.4. The standard InChI is InChI=1S/C20H31F3N4O2S.HI/c1-19(2,3)16-7-5-15(6-8-16)9-12-25-18(24-4)26-17-10-13-27(14-11-17)30(28,29)20(21,22)23;/h5-8,17H,9-14H2,1-4H3,(H2,24,25,26);1H. The molecule has 1 aromatic rings. The Balaban J connectivity index is 0.00000480. The summed E-state index contributed by atoms with van der Waals surface area (Å²) in [6, 6.07) is 8.34. The quantitative estimate of drug-likeness (QED) is 0.319. The van der Waals surface area contributed by atoms with Crippen LogP contribution in [0.15, 0.2) is 29.3 Å². The van der Waals surface area contributed by atoms with Gasteiger partial charge in [0, 0.05) is 32.7 Å². The van der Waals surface area contributed by atoms with E-state index in [0.717, 1.165) is 6.42 Å². The van der Waals surface area contributed by atoms with Gasteiger partial charge in [0.1, 0.15) is 0 Å². The molecule has 0 atom stereocenters. The number of sulfonamides is 1. The third-order valence-electron chi connectivity index (χ3n) is 5.18. The summed E-state index contributed by atoms with van der Waals surface area (Å²) in [7, 11) is -3.63. The van der Waals surface area contributed by atoms with Crippen molar-refractivity contribution in [1.29, 1.82) is 0 Å². The van der Waals surface area contributed by atoms with Crippen LogP contribution >= 0.6 is 24.0 Å². The average molecular weight is 576 g/mol. The minimum atomic E-state index is -5.25. The van der Waals surface area contributed by atoms with Crippen molar-refractivity contribution in [3.63, 3.8) is 0 Å². The minimum absolute atomic E-state index is 0. The van der Waals surface area contributed by atoms with Gasteiger partial charge in [0.2, 0.25) is 0 Å². The maximum atomic E-state index is 12.7. The van der Waals surface area contributed by atoms with Crippen LogP contribution < -0.4 is 10.6 Å². The highest BCUT2D eigenvalue weighted by atomic mass is 127. The summed E-state index contributed by atoms with van der Waals surface area (Å²) >= 11 is 0. The Morgan fingerprint density at radius 3 is 2.13 bits per heavy atom. The summed E-state index contributed by atoms with van der Waals surface area (Å²) in [5.41, 5.74) is -2.68. The van der Waals surface area contributed by atoms with Gasteiger partial charge < -0.3 is 10.6 Å². The van der Waals surface area contributed by atoms with Crippen molar-refractivity contribution in [1.82, 2.24) is 14.9 Å². The topological polar surface area (TPSA) is 73.8 Å². The number of nitrogens with one attached hydrogen (secondary N) is 2. The first-order valence-electron chi connectivity index (χ1n) is 9.97. The van der Waals surface area contributed by atoms with E-state index < -0.39 is 15.5 Å². The zero-order chi connectivity index (χ0) is 22.6. The molecule has 1 aromatic carbocycles. The van der Waals surface area contributed by atoms with Gasteiger partial charge in [-0.05, 0) is 35.8 Å². The van der Waals surface area contributed by atoms with E-state index in [2.05, 4.69) is 60.7 Å². The molecule has 178 valence electrons. The normalized spacial score (nSPS) is 17.2. The molecule has 1 heterocycles. The Kier molecular flexibility index (Phi) is 10.1. The van der Waals surface area contributed by atoms with Gasteiger partial charge in [-0.2, -0.15) is 17.5 Å². The Labute approximate surface area is 200 Å². The fraction of sp³-hybridized carbons (Fsp3) is 0.650. The van der Waals surface area contributed by atoms with Crippen LogP contribution in [0.25, 0.3) is 0 Å². The van der Waals surface area contributed by atoms with Gasteiger partial charge in [-0.3, -0.25) is 4.99 Å². The smallest absolute Gasteiger partial charge is 0.356 e. The predicted molar refractivity (Wildman–Crippen MR) is 128 cm³/mol. The number of hydrogen-bond acceptors (Lipinski definition) is 3. The molecule has 2 N–H and O–H groups in total. The van der Waals surface area contributed by atoms with Crippen molar-refractivity contribution >= 4 is 40.0 Å². The second kappa shape index (κ2) is 11.2. The van der Waals surface area contributed by atoms with E-state index in [9.17, 15) is 21.6 Å². The lowest BCUT2D eigenvalue weighted by Crippen LogP contribution is -2.51. The molecule has 0 aromatic heterocycles. The molecule has 1 fully saturated rings. The third kappa shape index (κ3) is 7.77. The van der Waals surface area contributed by atoms with Crippen LogP contribution in [0.1, 0.15) is 44.7 Å². The van der Waals surface area contributed by atoms with Crippen molar-refractivity contribution in [3.05, 3.63) is 35.4 Å². The number of hydrogen-bond donors (Lipinski definition) is 2. The van der Waals surface area contributed by atoms with Crippen LogP contribution in [0.2, 0.25) is 0 Å². The van der Waals surface area contributed by atoms with E-state index in [1.54, 1.807) is 7.05 Å². The van der Waals surface area contributed by atoms with Crippen LogP contribution in [-0.4, -0.2) is 56.9 Å². The molecule has 11 heteroatoms. The number of nitrogens with zero attached hydrogens (tertiary/aromatic N) is 2. The van der Waals surface area contributed by atoms with E-state index >= 15 is 0 Å². The Bertz CT molecular complexity index is 829. The molecule has 1 aliphatic heterocycles. The van der Waals surface area contributed by atoms with Gasteiger partial charge in [-0.25, -0.2) is 8.42 Å². The summed E-state index contributed by atoms with van der Waals surface area (Å²) in [6.07, 6.45) is 1.36. The molecule has 0 aliphatic carbocycles. The fourth-order valence-electron chi connectivity index (χ4n) is 3.27. The SMILES string of the molecule is CN=C(NCCc1ccc(C(C)(C)C)cc1)NC1CCN(S(=O)(=O)C(F)(F)F)CC1.I. The first kappa shape index (κ1) is 28.0. The molecule has 0 spiro atoms. The molecule has 31 heavy (non-hydrogen) atoms. The molecule has 0 unspecified atom stereocenters. The highest BCUT2D eigenvalue weighted by molar-refractivity contribution is 14.0. The maximum absolute atomic E-state index is 12.7. The lowest BCUT2D eigenvalue weighted by molar-refractivity contribution is -0.0494. The Morgan fingerprint density at radius 1 is 1.13 bits per heavy atom. The maximum Gasteiger partial charge on any atom is 0.511 e. The molecular weight excluding hydrogens is 544 g/mol. The molecule has 0 bridgehead atoms. The molecule has 0 saturated carbocycles. The molecule has 1 aliphatic rings. The summed E-state index contributed by atoms with van der Waals surface area (Å²) < 4.78 is 61.5. The molecule has 2 rings (SSSR count). The Morgan fingerprint density at radius 2 is 1.68 bits per heavy atom. The van der Waals surface area contributed by atoms with Crippen molar-refractivity contribution in [2.75, 3.05) is 26.7 Å². The number of alkyl halides is 3. The van der Waals surface area contributed by atoms with Crippen LogP contribution in [-0.2, 0) is 21.9 Å². The van der Waals surface area contributed by atoms with E-state index in [1.807, 2.05) is 0 Å². The van der Waals surface area contributed by atoms with Crippen molar-refractivity contribution in [2.45, 2.75) is 57.0 Å². The highest BCUT2D eigenvalue weighted by Crippen LogP contribution is 2.29. The number of rotatable bonds is 5. The second-order valence-electron chi connectivity index (χ2n) is 8.46. The van der Waals surface area contributed by atoms with Gasteiger partial charge in [0.25, 0.3) is 0 Å². The third-order valence-corrected chi connectivity index (χ3v) is 6.81. The lowest BCUT2D eigenvalue weighted by Gasteiger charge is -2.32. The van der Waals surface area contributed by atoms with Gasteiger partial charge in [-0.1, -0.05) is 45.0 Å². The van der Waals surface area contributed by atoms with Crippen LogP contribution in [0.3, 0.4) is 0 Å². The van der Waals surface area contributed by atoms with Crippen LogP contribution in [0.4, 0.5) is 13.2 Å². The van der Waals surface area contributed by atoms with Crippen molar-refractivity contribution < 1.29 is 21.6 Å². The number of halogens is 4. The molecular formula is C20H32F3IN4O2S. The Hall–Kier alpha value is -1.08. The largest absolute Gasteiger partial charge is 0.511 e. The van der Waals surface area contributed by atoms with E-state index in [1.165, 1.54) is 11.1 Å². The average Bonchev–Trinajstić information content (AvgIpc) is 2.66. The van der Waals surface area contributed by atoms with E-state index in [-0.39, 0.29) is 61.4 Å². The summed E-state index contributed by atoms with van der Waals surface area (Å²) in [5, 5.41) is 6.37. The summed E-state index contributed by atoms with van der Waals surface area (Å²) in [6.45, 7) is 6.82. The van der Waals surface area contributed by atoms with E-state index in [0.29, 0.717) is 16.8 Å². The number of aliphatic imine (C=N–C) groups is 1. The van der Waals surface area contributed by atoms with Crippen LogP contribution in [0, 0.1) is 0 Å². The molecule has 6 nitrogen and oxygen atoms in total. The monoisotopic (exact) mass is 576 g/mol. The zero-order valence-electron chi connectivity index (χ0n) is 18.3. The number of benzene rings is 1. The minimum Gasteiger partial charge on any atom is -0.356 e. The first-order chi connectivity index (χ1) is 13.8. The number of guanidine groups is 1. The van der Waals surface area contributed by atoms with Gasteiger partial charge in [0.05, 0.1) is 0 Å². The lowest BCUT2D eigenvalue weighted by atomic mass is 9.86. The summed E-state index contributed by atoms with van der Waals surface area (Å²) in [5.74, 6) is 0.554. The highest BCUT2D eigenvalue weighted by Gasteiger charge is 2.50.